The third-order valence-electron chi connectivity index (χ3n) is 5.41. The quantitative estimate of drug-likeness (QED) is 0.187. The molecule has 1 atom stereocenters. The predicted molar refractivity (Wildman–Crippen MR) is 114 cm³/mol. The van der Waals surface area contributed by atoms with E-state index in [1.54, 1.807) is 0 Å². The molecule has 1 nitrogen and oxygen atoms in total. The maximum absolute atomic E-state index is 5.97. The Kier molecular flexibility index (Phi) is 22.0. The fourth-order valence-electron chi connectivity index (χ4n) is 3.74. The first-order chi connectivity index (χ1) is 12.3. The van der Waals surface area contributed by atoms with E-state index in [9.17, 15) is 0 Å². The second kappa shape index (κ2) is 22.0. The Morgan fingerprint density at radius 2 is 0.760 bits per heavy atom. The number of hydrogen-bond donors (Lipinski definition) is 0. The largest absolute Gasteiger partial charge is 0.379 e. The highest BCUT2D eigenvalue weighted by molar-refractivity contribution is 4.60. The first-order valence-electron chi connectivity index (χ1n) is 12.0. The SMILES string of the molecule is CCCCCCCCCCCCC(CCCCCCCCC)OCC. The van der Waals surface area contributed by atoms with Crippen molar-refractivity contribution >= 4 is 0 Å². The van der Waals surface area contributed by atoms with E-state index in [2.05, 4.69) is 20.8 Å². The average molecular weight is 355 g/mol. The van der Waals surface area contributed by atoms with E-state index < -0.39 is 0 Å². The molecule has 0 aromatic rings. The van der Waals surface area contributed by atoms with Crippen molar-refractivity contribution in [3.05, 3.63) is 0 Å². The molecular weight excluding hydrogens is 304 g/mol. The molecule has 0 fully saturated rings. The lowest BCUT2D eigenvalue weighted by Crippen LogP contribution is -2.12. The number of hydrogen-bond acceptors (Lipinski definition) is 1. The maximum atomic E-state index is 5.97. The molecule has 25 heavy (non-hydrogen) atoms. The molecule has 0 aliphatic heterocycles. The monoisotopic (exact) mass is 354 g/mol. The van der Waals surface area contributed by atoms with Gasteiger partial charge in [0.2, 0.25) is 0 Å². The van der Waals surface area contributed by atoms with Crippen molar-refractivity contribution < 1.29 is 4.74 Å². The molecule has 0 heterocycles. The highest BCUT2D eigenvalue weighted by Crippen LogP contribution is 2.17. The lowest BCUT2D eigenvalue weighted by molar-refractivity contribution is 0.0470. The third kappa shape index (κ3) is 20.1. The van der Waals surface area contributed by atoms with E-state index in [0.717, 1.165) is 6.61 Å². The van der Waals surface area contributed by atoms with E-state index in [4.69, 9.17) is 4.74 Å². The van der Waals surface area contributed by atoms with Crippen LogP contribution in [0.4, 0.5) is 0 Å². The van der Waals surface area contributed by atoms with Crippen LogP contribution in [0.2, 0.25) is 0 Å². The number of rotatable bonds is 21. The van der Waals surface area contributed by atoms with Gasteiger partial charge >= 0.3 is 0 Å². The van der Waals surface area contributed by atoms with Crippen LogP contribution in [0.1, 0.15) is 143 Å². The molecule has 0 bridgehead atoms. The zero-order valence-corrected chi connectivity index (χ0v) is 18.1. The second-order valence-corrected chi connectivity index (χ2v) is 7.96. The first-order valence-corrected chi connectivity index (χ1v) is 12.0. The van der Waals surface area contributed by atoms with Gasteiger partial charge in [0.05, 0.1) is 6.10 Å². The minimum absolute atomic E-state index is 0.537. The molecule has 0 radical (unpaired) electrons. The fraction of sp³-hybridized carbons (Fsp3) is 1.00. The molecule has 0 saturated carbocycles. The molecule has 0 saturated heterocycles. The highest BCUT2D eigenvalue weighted by atomic mass is 16.5. The Labute approximate surface area is 160 Å². The van der Waals surface area contributed by atoms with Crippen LogP contribution in [-0.4, -0.2) is 12.7 Å². The van der Waals surface area contributed by atoms with E-state index in [1.807, 2.05) is 0 Å². The van der Waals surface area contributed by atoms with Crippen molar-refractivity contribution in [1.29, 1.82) is 0 Å². The van der Waals surface area contributed by atoms with E-state index in [0.29, 0.717) is 6.10 Å². The summed E-state index contributed by atoms with van der Waals surface area (Å²) in [5.74, 6) is 0. The standard InChI is InChI=1S/C24H50O/c1-4-7-9-11-13-14-15-17-19-21-23-24(25-6-3)22-20-18-16-12-10-8-5-2/h24H,4-23H2,1-3H3. The summed E-state index contributed by atoms with van der Waals surface area (Å²) in [7, 11) is 0. The number of unbranched alkanes of at least 4 members (excludes halogenated alkanes) is 15. The zero-order valence-electron chi connectivity index (χ0n) is 18.1. The molecular formula is C24H50O. The van der Waals surface area contributed by atoms with E-state index in [1.165, 1.54) is 122 Å². The topological polar surface area (TPSA) is 9.23 Å². The summed E-state index contributed by atoms with van der Waals surface area (Å²) in [5, 5.41) is 0. The van der Waals surface area contributed by atoms with Gasteiger partial charge in [0.25, 0.3) is 0 Å². The van der Waals surface area contributed by atoms with Crippen LogP contribution in [0.3, 0.4) is 0 Å². The summed E-state index contributed by atoms with van der Waals surface area (Å²) in [6.07, 6.45) is 27.2. The van der Waals surface area contributed by atoms with Gasteiger partial charge in [-0.2, -0.15) is 0 Å². The third-order valence-corrected chi connectivity index (χ3v) is 5.41. The van der Waals surface area contributed by atoms with Crippen molar-refractivity contribution in [2.45, 2.75) is 149 Å². The summed E-state index contributed by atoms with van der Waals surface area (Å²) in [6.45, 7) is 7.62. The van der Waals surface area contributed by atoms with Gasteiger partial charge < -0.3 is 4.74 Å². The van der Waals surface area contributed by atoms with Gasteiger partial charge in [0, 0.05) is 6.61 Å². The van der Waals surface area contributed by atoms with Crippen LogP contribution >= 0.6 is 0 Å². The molecule has 0 aliphatic carbocycles. The summed E-state index contributed by atoms with van der Waals surface area (Å²) in [6, 6.07) is 0. The Balaban J connectivity index is 3.41. The van der Waals surface area contributed by atoms with Crippen molar-refractivity contribution in [3.63, 3.8) is 0 Å². The van der Waals surface area contributed by atoms with Gasteiger partial charge in [-0.25, -0.2) is 0 Å². The predicted octanol–water partition coefficient (Wildman–Crippen LogP) is 8.84. The van der Waals surface area contributed by atoms with Crippen LogP contribution in [0.25, 0.3) is 0 Å². The molecule has 0 amide bonds. The van der Waals surface area contributed by atoms with Crippen LogP contribution in [0.5, 0.6) is 0 Å². The van der Waals surface area contributed by atoms with Gasteiger partial charge in [-0.05, 0) is 19.8 Å². The summed E-state index contributed by atoms with van der Waals surface area (Å²) >= 11 is 0. The summed E-state index contributed by atoms with van der Waals surface area (Å²) < 4.78 is 5.97. The molecule has 1 unspecified atom stereocenters. The van der Waals surface area contributed by atoms with Crippen molar-refractivity contribution in [3.8, 4) is 0 Å². The van der Waals surface area contributed by atoms with Gasteiger partial charge in [0.1, 0.15) is 0 Å². The normalized spacial score (nSPS) is 12.6. The van der Waals surface area contributed by atoms with E-state index >= 15 is 0 Å². The molecule has 0 aliphatic rings. The van der Waals surface area contributed by atoms with Gasteiger partial charge in [0.15, 0.2) is 0 Å². The van der Waals surface area contributed by atoms with Crippen LogP contribution in [-0.2, 0) is 4.74 Å². The molecule has 0 N–H and O–H groups in total. The Bertz CT molecular complexity index is 226. The summed E-state index contributed by atoms with van der Waals surface area (Å²) in [5.41, 5.74) is 0. The van der Waals surface area contributed by atoms with Crippen LogP contribution in [0.15, 0.2) is 0 Å². The molecule has 152 valence electrons. The molecule has 0 rings (SSSR count). The Hall–Kier alpha value is -0.0400. The molecule has 0 aromatic carbocycles. The lowest BCUT2D eigenvalue weighted by atomic mass is 10.0. The minimum Gasteiger partial charge on any atom is -0.379 e. The molecule has 0 aromatic heterocycles. The number of ether oxygens (including phenoxy) is 1. The average Bonchev–Trinajstić information content (AvgIpc) is 2.62. The fourth-order valence-corrected chi connectivity index (χ4v) is 3.74. The van der Waals surface area contributed by atoms with E-state index in [-0.39, 0.29) is 0 Å². The maximum Gasteiger partial charge on any atom is 0.0575 e. The van der Waals surface area contributed by atoms with Gasteiger partial charge in [-0.3, -0.25) is 0 Å². The van der Waals surface area contributed by atoms with Crippen LogP contribution in [0, 0.1) is 0 Å². The summed E-state index contributed by atoms with van der Waals surface area (Å²) in [4.78, 5) is 0. The van der Waals surface area contributed by atoms with Gasteiger partial charge in [-0.1, -0.05) is 123 Å². The first kappa shape index (κ1) is 25.0. The molecule has 0 spiro atoms. The Morgan fingerprint density at radius 3 is 1.08 bits per heavy atom. The molecule has 1 heteroatoms. The minimum atomic E-state index is 0.537. The Morgan fingerprint density at radius 1 is 0.440 bits per heavy atom. The smallest absolute Gasteiger partial charge is 0.0575 e. The van der Waals surface area contributed by atoms with Crippen molar-refractivity contribution in [1.82, 2.24) is 0 Å². The lowest BCUT2D eigenvalue weighted by Gasteiger charge is -2.17. The highest BCUT2D eigenvalue weighted by Gasteiger charge is 2.07. The zero-order chi connectivity index (χ0) is 18.4. The van der Waals surface area contributed by atoms with Gasteiger partial charge in [-0.15, -0.1) is 0 Å². The van der Waals surface area contributed by atoms with Crippen molar-refractivity contribution in [2.75, 3.05) is 6.61 Å². The van der Waals surface area contributed by atoms with Crippen LogP contribution < -0.4 is 0 Å². The second-order valence-electron chi connectivity index (χ2n) is 7.96. The van der Waals surface area contributed by atoms with Crippen molar-refractivity contribution in [2.24, 2.45) is 0 Å².